The van der Waals surface area contributed by atoms with E-state index in [1.807, 2.05) is 36.1 Å². The molecule has 1 amide bonds. The molecule has 0 spiro atoms. The zero-order valence-electron chi connectivity index (χ0n) is 17.6. The van der Waals surface area contributed by atoms with Gasteiger partial charge in [0, 0.05) is 44.5 Å². The van der Waals surface area contributed by atoms with Gasteiger partial charge in [-0.15, -0.1) is 0 Å². The third kappa shape index (κ3) is 6.56. The lowest BCUT2D eigenvalue weighted by molar-refractivity contribution is -0.120. The SMILES string of the molecule is CN=C(NCc1ccc(N2CCNC(=O)C2)cc1)NCc1cc(C)ccc1OC(F)F. The summed E-state index contributed by atoms with van der Waals surface area (Å²) < 4.78 is 29.9. The molecule has 3 N–H and O–H groups in total. The first kappa shape index (κ1) is 22.3. The molecule has 0 unspecified atom stereocenters. The highest BCUT2D eigenvalue weighted by atomic mass is 19.3. The lowest BCUT2D eigenvalue weighted by Gasteiger charge is -2.28. The van der Waals surface area contributed by atoms with E-state index in [4.69, 9.17) is 0 Å². The van der Waals surface area contributed by atoms with Crippen LogP contribution in [0.5, 0.6) is 5.75 Å². The largest absolute Gasteiger partial charge is 0.434 e. The van der Waals surface area contributed by atoms with Gasteiger partial charge in [-0.25, -0.2) is 0 Å². The number of guanidine groups is 1. The van der Waals surface area contributed by atoms with E-state index < -0.39 is 6.61 Å². The molecule has 0 bridgehead atoms. The third-order valence-corrected chi connectivity index (χ3v) is 4.90. The van der Waals surface area contributed by atoms with Gasteiger partial charge in [-0.1, -0.05) is 29.8 Å². The second-order valence-electron chi connectivity index (χ2n) is 7.21. The molecule has 0 radical (unpaired) electrons. The quantitative estimate of drug-likeness (QED) is 0.464. The number of halogens is 2. The fraction of sp³-hybridized carbons (Fsp3) is 0.364. The zero-order chi connectivity index (χ0) is 22.2. The predicted octanol–water partition coefficient (Wildman–Crippen LogP) is 2.40. The molecule has 1 fully saturated rings. The van der Waals surface area contributed by atoms with Crippen molar-refractivity contribution in [3.8, 4) is 5.75 Å². The number of amides is 1. The molecule has 9 heteroatoms. The second-order valence-corrected chi connectivity index (χ2v) is 7.21. The van der Waals surface area contributed by atoms with E-state index in [-0.39, 0.29) is 11.7 Å². The standard InChI is InChI=1S/C22H27F2N5O2/c1-15-3-8-19(31-21(23)24)17(11-15)13-28-22(25-2)27-12-16-4-6-18(7-5-16)29-10-9-26-20(30)14-29/h3-8,11,21H,9-10,12-14H2,1-2H3,(H,26,30)(H2,25,27,28). The molecule has 0 atom stereocenters. The number of benzene rings is 2. The maximum absolute atomic E-state index is 12.6. The minimum Gasteiger partial charge on any atom is -0.434 e. The van der Waals surface area contributed by atoms with E-state index in [1.165, 1.54) is 0 Å². The summed E-state index contributed by atoms with van der Waals surface area (Å²) in [7, 11) is 1.65. The Morgan fingerprint density at radius 2 is 1.94 bits per heavy atom. The molecular formula is C22H27F2N5O2. The van der Waals surface area contributed by atoms with Crippen LogP contribution in [0.2, 0.25) is 0 Å². The molecule has 1 saturated heterocycles. The molecular weight excluding hydrogens is 404 g/mol. The molecule has 2 aromatic rings. The first-order valence-corrected chi connectivity index (χ1v) is 10.0. The van der Waals surface area contributed by atoms with Gasteiger partial charge in [0.25, 0.3) is 0 Å². The number of aliphatic imine (C=N–C) groups is 1. The van der Waals surface area contributed by atoms with Crippen molar-refractivity contribution in [2.45, 2.75) is 26.6 Å². The summed E-state index contributed by atoms with van der Waals surface area (Å²) in [6.45, 7) is 1.65. The summed E-state index contributed by atoms with van der Waals surface area (Å²) in [5, 5.41) is 9.15. The van der Waals surface area contributed by atoms with Gasteiger partial charge in [0.2, 0.25) is 5.91 Å². The molecule has 3 rings (SSSR count). The van der Waals surface area contributed by atoms with Crippen LogP contribution in [0, 0.1) is 6.92 Å². The smallest absolute Gasteiger partial charge is 0.387 e. The summed E-state index contributed by atoms with van der Waals surface area (Å²) in [6, 6.07) is 13.1. The van der Waals surface area contributed by atoms with E-state index >= 15 is 0 Å². The summed E-state index contributed by atoms with van der Waals surface area (Å²) in [5.74, 6) is 0.717. The van der Waals surface area contributed by atoms with Crippen molar-refractivity contribution in [3.63, 3.8) is 0 Å². The van der Waals surface area contributed by atoms with Crippen molar-refractivity contribution in [3.05, 3.63) is 59.2 Å². The predicted molar refractivity (Wildman–Crippen MR) is 117 cm³/mol. The maximum Gasteiger partial charge on any atom is 0.387 e. The van der Waals surface area contributed by atoms with Crippen LogP contribution >= 0.6 is 0 Å². The minimum atomic E-state index is -2.87. The molecule has 1 aliphatic rings. The molecule has 7 nitrogen and oxygen atoms in total. The van der Waals surface area contributed by atoms with E-state index in [2.05, 4.69) is 25.7 Å². The van der Waals surface area contributed by atoms with Crippen molar-refractivity contribution in [1.29, 1.82) is 0 Å². The van der Waals surface area contributed by atoms with Crippen molar-refractivity contribution in [2.75, 3.05) is 31.6 Å². The van der Waals surface area contributed by atoms with Crippen LogP contribution in [-0.4, -0.2) is 45.2 Å². The van der Waals surface area contributed by atoms with Gasteiger partial charge in [0.1, 0.15) is 5.75 Å². The molecule has 2 aromatic carbocycles. The van der Waals surface area contributed by atoms with E-state index in [0.717, 1.165) is 23.4 Å². The fourth-order valence-corrected chi connectivity index (χ4v) is 3.33. The molecule has 1 heterocycles. The Morgan fingerprint density at radius 3 is 2.61 bits per heavy atom. The van der Waals surface area contributed by atoms with Gasteiger partial charge >= 0.3 is 6.61 Å². The molecule has 31 heavy (non-hydrogen) atoms. The number of rotatable bonds is 7. The highest BCUT2D eigenvalue weighted by molar-refractivity contribution is 5.82. The number of nitrogens with one attached hydrogen (secondary N) is 3. The number of hydrogen-bond acceptors (Lipinski definition) is 4. The van der Waals surface area contributed by atoms with Crippen LogP contribution in [0.3, 0.4) is 0 Å². The van der Waals surface area contributed by atoms with E-state index in [9.17, 15) is 13.6 Å². The Hall–Kier alpha value is -3.36. The number of carbonyl (C=O) groups excluding carboxylic acids is 1. The Labute approximate surface area is 180 Å². The normalized spacial score (nSPS) is 14.4. The van der Waals surface area contributed by atoms with E-state index in [1.54, 1.807) is 25.2 Å². The molecule has 1 aliphatic heterocycles. The maximum atomic E-state index is 12.6. The van der Waals surface area contributed by atoms with Crippen molar-refractivity contribution in [1.82, 2.24) is 16.0 Å². The van der Waals surface area contributed by atoms with Crippen molar-refractivity contribution < 1.29 is 18.3 Å². The summed E-state index contributed by atoms with van der Waals surface area (Å²) in [4.78, 5) is 17.8. The van der Waals surface area contributed by atoms with Crippen LogP contribution in [0.1, 0.15) is 16.7 Å². The Kier molecular flexibility index (Phi) is 7.64. The number of anilines is 1. The average molecular weight is 431 g/mol. The van der Waals surface area contributed by atoms with Gasteiger partial charge in [0.05, 0.1) is 6.54 Å². The number of carbonyl (C=O) groups is 1. The van der Waals surface area contributed by atoms with E-state index in [0.29, 0.717) is 37.7 Å². The van der Waals surface area contributed by atoms with Crippen molar-refractivity contribution in [2.24, 2.45) is 4.99 Å². The van der Waals surface area contributed by atoms with Crippen LogP contribution in [-0.2, 0) is 17.9 Å². The summed E-state index contributed by atoms with van der Waals surface area (Å²) in [5.41, 5.74) is 3.63. The van der Waals surface area contributed by atoms with Crippen LogP contribution in [0.15, 0.2) is 47.5 Å². The topological polar surface area (TPSA) is 78.0 Å². The number of alkyl halides is 2. The number of ether oxygens (including phenoxy) is 1. The highest BCUT2D eigenvalue weighted by Crippen LogP contribution is 2.22. The Bertz CT molecular complexity index is 919. The highest BCUT2D eigenvalue weighted by Gasteiger charge is 2.16. The lowest BCUT2D eigenvalue weighted by Crippen LogP contribution is -2.47. The monoisotopic (exact) mass is 431 g/mol. The second kappa shape index (κ2) is 10.6. The minimum absolute atomic E-state index is 0.0302. The van der Waals surface area contributed by atoms with Gasteiger partial charge in [-0.3, -0.25) is 9.79 Å². The summed E-state index contributed by atoms with van der Waals surface area (Å²) >= 11 is 0. The summed E-state index contributed by atoms with van der Waals surface area (Å²) in [6.07, 6.45) is 0. The number of hydrogen-bond donors (Lipinski definition) is 3. The number of nitrogens with zero attached hydrogens (tertiary/aromatic N) is 2. The van der Waals surface area contributed by atoms with Crippen LogP contribution in [0.4, 0.5) is 14.5 Å². The third-order valence-electron chi connectivity index (χ3n) is 4.90. The molecule has 0 saturated carbocycles. The van der Waals surface area contributed by atoms with Gasteiger partial charge in [0.15, 0.2) is 5.96 Å². The number of piperazine rings is 1. The first-order valence-electron chi connectivity index (χ1n) is 10.0. The lowest BCUT2D eigenvalue weighted by atomic mass is 10.1. The zero-order valence-corrected chi connectivity index (χ0v) is 17.6. The van der Waals surface area contributed by atoms with Gasteiger partial charge in [-0.2, -0.15) is 8.78 Å². The van der Waals surface area contributed by atoms with Crippen LogP contribution in [0.25, 0.3) is 0 Å². The Balaban J connectivity index is 1.54. The van der Waals surface area contributed by atoms with Crippen LogP contribution < -0.4 is 25.6 Å². The molecule has 0 aromatic heterocycles. The first-order chi connectivity index (χ1) is 14.9. The Morgan fingerprint density at radius 1 is 1.19 bits per heavy atom. The molecule has 0 aliphatic carbocycles. The van der Waals surface area contributed by atoms with Gasteiger partial charge < -0.3 is 25.6 Å². The fourth-order valence-electron chi connectivity index (χ4n) is 3.33. The number of aryl methyl sites for hydroxylation is 1. The van der Waals surface area contributed by atoms with Gasteiger partial charge in [-0.05, 0) is 30.7 Å². The van der Waals surface area contributed by atoms with Crippen molar-refractivity contribution >= 4 is 17.6 Å². The average Bonchev–Trinajstić information content (AvgIpc) is 2.75. The molecule has 166 valence electrons.